The summed E-state index contributed by atoms with van der Waals surface area (Å²) in [5.41, 5.74) is 9.60. The SMILES string of the molecule is CCCNC(=O)NNC(N)=S. The first-order chi connectivity index (χ1) is 5.16. The molecule has 2 amide bonds. The number of rotatable bonds is 2. The van der Waals surface area contributed by atoms with E-state index in [1.54, 1.807) is 0 Å². The Morgan fingerprint density at radius 2 is 2.18 bits per heavy atom. The van der Waals surface area contributed by atoms with Crippen molar-refractivity contribution in [3.05, 3.63) is 0 Å². The first-order valence-electron chi connectivity index (χ1n) is 3.26. The second-order valence-corrected chi connectivity index (χ2v) is 2.31. The van der Waals surface area contributed by atoms with Crippen LogP contribution in [-0.4, -0.2) is 17.7 Å². The van der Waals surface area contributed by atoms with E-state index in [9.17, 15) is 4.79 Å². The van der Waals surface area contributed by atoms with Crippen molar-refractivity contribution in [2.75, 3.05) is 6.54 Å². The van der Waals surface area contributed by atoms with Gasteiger partial charge in [0.2, 0.25) is 0 Å². The van der Waals surface area contributed by atoms with Crippen LogP contribution in [0.4, 0.5) is 4.79 Å². The molecule has 0 atom stereocenters. The Hall–Kier alpha value is -1.04. The summed E-state index contributed by atoms with van der Waals surface area (Å²) in [6.45, 7) is 2.59. The fourth-order valence-electron chi connectivity index (χ4n) is 0.401. The van der Waals surface area contributed by atoms with Gasteiger partial charge >= 0.3 is 6.03 Å². The third-order valence-corrected chi connectivity index (χ3v) is 0.937. The molecule has 5 N–H and O–H groups in total. The number of nitrogens with two attached hydrogens (primary N) is 1. The lowest BCUT2D eigenvalue weighted by Gasteiger charge is -2.06. The molecular formula is C5H12N4OS. The van der Waals surface area contributed by atoms with Crippen molar-refractivity contribution >= 4 is 23.4 Å². The summed E-state index contributed by atoms with van der Waals surface area (Å²) >= 11 is 4.45. The van der Waals surface area contributed by atoms with Crippen LogP contribution in [0.25, 0.3) is 0 Å². The fourth-order valence-corrected chi connectivity index (χ4v) is 0.452. The molecule has 5 nitrogen and oxygen atoms in total. The smallest absolute Gasteiger partial charge is 0.333 e. The summed E-state index contributed by atoms with van der Waals surface area (Å²) in [5.74, 6) is 0. The van der Waals surface area contributed by atoms with Crippen LogP contribution in [0.15, 0.2) is 0 Å². The van der Waals surface area contributed by atoms with Crippen molar-refractivity contribution in [2.45, 2.75) is 13.3 Å². The molecule has 0 aromatic heterocycles. The summed E-state index contributed by atoms with van der Waals surface area (Å²) in [6.07, 6.45) is 0.889. The minimum atomic E-state index is -0.334. The number of carbonyl (C=O) groups excluding carboxylic acids is 1. The zero-order valence-electron chi connectivity index (χ0n) is 6.31. The highest BCUT2D eigenvalue weighted by atomic mass is 32.1. The Bertz CT molecular complexity index is 149. The van der Waals surface area contributed by atoms with Crippen LogP contribution in [0.1, 0.15) is 13.3 Å². The van der Waals surface area contributed by atoms with E-state index in [-0.39, 0.29) is 11.1 Å². The molecule has 0 bridgehead atoms. The molecule has 0 fully saturated rings. The third-order valence-electron chi connectivity index (χ3n) is 0.835. The minimum absolute atomic E-state index is 0.0386. The highest BCUT2D eigenvalue weighted by Crippen LogP contribution is 1.68. The Kier molecular flexibility index (Phi) is 5.18. The van der Waals surface area contributed by atoms with Crippen LogP contribution in [0.5, 0.6) is 0 Å². The van der Waals surface area contributed by atoms with Gasteiger partial charge in [-0.1, -0.05) is 6.92 Å². The van der Waals surface area contributed by atoms with Crippen LogP contribution in [0.2, 0.25) is 0 Å². The van der Waals surface area contributed by atoms with Gasteiger partial charge in [0.05, 0.1) is 0 Å². The van der Waals surface area contributed by atoms with Gasteiger partial charge in [-0.15, -0.1) is 0 Å². The van der Waals surface area contributed by atoms with E-state index in [2.05, 4.69) is 28.4 Å². The molecule has 0 aromatic carbocycles. The predicted molar refractivity (Wildman–Crippen MR) is 46.7 cm³/mol. The normalized spacial score (nSPS) is 8.45. The van der Waals surface area contributed by atoms with Crippen molar-refractivity contribution in [1.29, 1.82) is 0 Å². The number of hydrazine groups is 1. The van der Waals surface area contributed by atoms with Crippen LogP contribution in [0.3, 0.4) is 0 Å². The molecule has 64 valence electrons. The Morgan fingerprint density at radius 3 is 2.64 bits per heavy atom. The number of amides is 2. The lowest BCUT2D eigenvalue weighted by atomic mass is 10.5. The van der Waals surface area contributed by atoms with Gasteiger partial charge in [0.1, 0.15) is 0 Å². The molecule has 0 aromatic rings. The molecule has 0 saturated carbocycles. The monoisotopic (exact) mass is 176 g/mol. The van der Waals surface area contributed by atoms with Crippen molar-refractivity contribution in [1.82, 2.24) is 16.2 Å². The molecule has 11 heavy (non-hydrogen) atoms. The molecule has 0 spiro atoms. The standard InChI is InChI=1S/C5H12N4OS/c1-2-3-7-5(10)9-8-4(6)11/h2-3H2,1H3,(H3,6,8,11)(H2,7,9,10). The van der Waals surface area contributed by atoms with Gasteiger partial charge in [-0.25, -0.2) is 10.2 Å². The molecule has 0 aliphatic rings. The molecular weight excluding hydrogens is 164 g/mol. The number of nitrogens with one attached hydrogen (secondary N) is 3. The van der Waals surface area contributed by atoms with E-state index < -0.39 is 0 Å². The second-order valence-electron chi connectivity index (χ2n) is 1.87. The van der Waals surface area contributed by atoms with Crippen molar-refractivity contribution in [3.63, 3.8) is 0 Å². The Balaban J connectivity index is 3.30. The summed E-state index contributed by atoms with van der Waals surface area (Å²) in [7, 11) is 0. The lowest BCUT2D eigenvalue weighted by Crippen LogP contribution is -2.48. The second kappa shape index (κ2) is 5.72. The zero-order valence-corrected chi connectivity index (χ0v) is 7.12. The first kappa shape index (κ1) is 9.96. The summed E-state index contributed by atoms with van der Waals surface area (Å²) < 4.78 is 0. The van der Waals surface area contributed by atoms with Gasteiger partial charge in [-0.2, -0.15) is 0 Å². The van der Waals surface area contributed by atoms with E-state index >= 15 is 0 Å². The zero-order chi connectivity index (χ0) is 8.69. The third kappa shape index (κ3) is 6.85. The topological polar surface area (TPSA) is 79.2 Å². The van der Waals surface area contributed by atoms with Crippen LogP contribution >= 0.6 is 12.2 Å². The first-order valence-corrected chi connectivity index (χ1v) is 3.67. The van der Waals surface area contributed by atoms with Gasteiger partial charge in [0.25, 0.3) is 0 Å². The van der Waals surface area contributed by atoms with Crippen LogP contribution in [0, 0.1) is 0 Å². The maximum atomic E-state index is 10.7. The molecule has 0 saturated heterocycles. The molecule has 0 radical (unpaired) electrons. The maximum Gasteiger partial charge on any atom is 0.333 e. The number of hydrogen-bond acceptors (Lipinski definition) is 2. The van der Waals surface area contributed by atoms with E-state index in [4.69, 9.17) is 5.73 Å². The van der Waals surface area contributed by atoms with Gasteiger partial charge in [0, 0.05) is 6.54 Å². The maximum absolute atomic E-state index is 10.7. The van der Waals surface area contributed by atoms with Crippen molar-refractivity contribution < 1.29 is 4.79 Å². The van der Waals surface area contributed by atoms with E-state index in [1.165, 1.54) is 0 Å². The minimum Gasteiger partial charge on any atom is -0.375 e. The molecule has 0 aliphatic carbocycles. The molecule has 0 rings (SSSR count). The Morgan fingerprint density at radius 1 is 1.55 bits per heavy atom. The Labute approximate surface area is 70.7 Å². The molecule has 0 aliphatic heterocycles. The molecule has 0 heterocycles. The number of hydrogen-bond donors (Lipinski definition) is 4. The van der Waals surface area contributed by atoms with E-state index in [0.717, 1.165) is 6.42 Å². The molecule has 0 unspecified atom stereocenters. The summed E-state index contributed by atoms with van der Waals surface area (Å²) in [4.78, 5) is 10.7. The average molecular weight is 176 g/mol. The van der Waals surface area contributed by atoms with Gasteiger partial charge in [-0.3, -0.25) is 5.43 Å². The summed E-state index contributed by atoms with van der Waals surface area (Å²) in [5, 5.41) is 2.60. The van der Waals surface area contributed by atoms with Crippen LogP contribution in [-0.2, 0) is 0 Å². The summed E-state index contributed by atoms with van der Waals surface area (Å²) in [6, 6.07) is -0.334. The number of urea groups is 1. The van der Waals surface area contributed by atoms with Gasteiger partial charge in [0.15, 0.2) is 5.11 Å². The predicted octanol–water partition coefficient (Wildman–Crippen LogP) is -0.556. The largest absolute Gasteiger partial charge is 0.375 e. The van der Waals surface area contributed by atoms with Crippen LogP contribution < -0.4 is 21.9 Å². The highest BCUT2D eigenvalue weighted by molar-refractivity contribution is 7.80. The quantitative estimate of drug-likeness (QED) is 0.336. The van der Waals surface area contributed by atoms with E-state index in [1.807, 2.05) is 6.92 Å². The van der Waals surface area contributed by atoms with Crippen molar-refractivity contribution in [2.24, 2.45) is 5.73 Å². The lowest BCUT2D eigenvalue weighted by molar-refractivity contribution is 0.239. The number of carbonyl (C=O) groups is 1. The van der Waals surface area contributed by atoms with Crippen molar-refractivity contribution in [3.8, 4) is 0 Å². The van der Waals surface area contributed by atoms with E-state index in [0.29, 0.717) is 6.54 Å². The molecule has 6 heteroatoms. The average Bonchev–Trinajstić information content (AvgIpc) is 1.97. The highest BCUT2D eigenvalue weighted by Gasteiger charge is 1.95. The van der Waals surface area contributed by atoms with Gasteiger partial charge < -0.3 is 11.1 Å². The fraction of sp³-hybridized carbons (Fsp3) is 0.600. The van der Waals surface area contributed by atoms with Gasteiger partial charge in [-0.05, 0) is 18.6 Å². The number of thiocarbonyl (C=S) groups is 1.